The second-order valence-corrected chi connectivity index (χ2v) is 7.91. The van der Waals surface area contributed by atoms with Crippen LogP contribution in [0.1, 0.15) is 12.8 Å². The number of rotatable bonds is 4. The van der Waals surface area contributed by atoms with Crippen molar-refractivity contribution in [1.29, 1.82) is 0 Å². The molecule has 1 aliphatic heterocycles. The van der Waals surface area contributed by atoms with Gasteiger partial charge in [0.1, 0.15) is 10.6 Å². The number of nitrogens with one attached hydrogen (secondary N) is 1. The van der Waals surface area contributed by atoms with Crippen LogP contribution >= 0.6 is 23.1 Å². The van der Waals surface area contributed by atoms with Crippen LogP contribution in [0.2, 0.25) is 0 Å². The number of halogens is 1. The lowest BCUT2D eigenvalue weighted by Gasteiger charge is -2.14. The van der Waals surface area contributed by atoms with Gasteiger partial charge in [0, 0.05) is 24.0 Å². The van der Waals surface area contributed by atoms with Crippen LogP contribution in [0.3, 0.4) is 0 Å². The maximum atomic E-state index is 13.1. The maximum Gasteiger partial charge on any atom is 0.260 e. The Hall–Kier alpha value is -2.19. The monoisotopic (exact) mass is 389 g/mol. The van der Waals surface area contributed by atoms with E-state index < -0.39 is 0 Å². The lowest BCUT2D eigenvalue weighted by Crippen LogP contribution is -2.29. The van der Waals surface area contributed by atoms with Crippen molar-refractivity contribution in [2.45, 2.75) is 18.0 Å². The molecule has 1 fully saturated rings. The normalized spacial score (nSPS) is 14.3. The van der Waals surface area contributed by atoms with Crippen LogP contribution in [0.4, 0.5) is 4.39 Å². The second-order valence-electron chi connectivity index (χ2n) is 6.08. The summed E-state index contributed by atoms with van der Waals surface area (Å²) in [5, 5.41) is 2.80. The van der Waals surface area contributed by atoms with Crippen molar-refractivity contribution >= 4 is 39.2 Å². The Morgan fingerprint density at radius 1 is 1.27 bits per heavy atom. The molecule has 2 aromatic heterocycles. The van der Waals surface area contributed by atoms with Gasteiger partial charge in [0.2, 0.25) is 5.91 Å². The van der Waals surface area contributed by atoms with Gasteiger partial charge in [-0.15, -0.1) is 11.3 Å². The summed E-state index contributed by atoms with van der Waals surface area (Å²) in [5.74, 6) is 0.0278. The molecule has 1 aromatic carbocycles. The molecule has 1 amide bonds. The van der Waals surface area contributed by atoms with E-state index in [9.17, 15) is 14.0 Å². The molecule has 0 aliphatic carbocycles. The van der Waals surface area contributed by atoms with E-state index in [1.807, 2.05) is 10.3 Å². The van der Waals surface area contributed by atoms with Gasteiger partial charge < -0.3 is 9.88 Å². The zero-order valence-corrected chi connectivity index (χ0v) is 15.5. The van der Waals surface area contributed by atoms with Crippen molar-refractivity contribution in [2.75, 3.05) is 18.8 Å². The van der Waals surface area contributed by atoms with E-state index in [-0.39, 0.29) is 23.0 Å². The van der Waals surface area contributed by atoms with Crippen molar-refractivity contribution in [3.05, 3.63) is 45.8 Å². The highest BCUT2D eigenvalue weighted by molar-refractivity contribution is 7.99. The van der Waals surface area contributed by atoms with Gasteiger partial charge in [-0.25, -0.2) is 9.37 Å². The number of aromatic nitrogens is 2. The van der Waals surface area contributed by atoms with Crippen LogP contribution in [0.25, 0.3) is 21.3 Å². The van der Waals surface area contributed by atoms with E-state index in [0.717, 1.165) is 37.1 Å². The predicted octanol–water partition coefficient (Wildman–Crippen LogP) is 3.51. The number of hydrogen-bond acceptors (Lipinski definition) is 5. The first-order valence-corrected chi connectivity index (χ1v) is 10.2. The zero-order valence-electron chi connectivity index (χ0n) is 13.8. The van der Waals surface area contributed by atoms with Crippen molar-refractivity contribution in [2.24, 2.45) is 0 Å². The average Bonchev–Trinajstić information content (AvgIpc) is 3.30. The molecule has 0 unspecified atom stereocenters. The van der Waals surface area contributed by atoms with E-state index in [1.165, 1.54) is 35.2 Å². The molecule has 26 heavy (non-hydrogen) atoms. The number of fused-ring (bicyclic) bond motifs is 1. The summed E-state index contributed by atoms with van der Waals surface area (Å²) >= 11 is 2.62. The molecule has 1 N–H and O–H groups in total. The standard InChI is InChI=1S/C18H16FN3O2S2/c19-12-5-3-11(4-6-12)13-9-25-17-15(13)16(24)20-18(21-17)26-10-14(23)22-7-1-2-8-22/h3-6,9H,1-2,7-8,10H2,(H,20,21,24). The number of likely N-dealkylation sites (tertiary alicyclic amines) is 1. The number of carbonyl (C=O) groups is 1. The SMILES string of the molecule is O=C(CSc1nc2scc(-c3ccc(F)cc3)c2c(=O)[nH]1)N1CCCC1. The number of H-pyrrole nitrogens is 1. The van der Waals surface area contributed by atoms with Crippen molar-refractivity contribution in [3.63, 3.8) is 0 Å². The van der Waals surface area contributed by atoms with E-state index >= 15 is 0 Å². The molecule has 0 saturated carbocycles. The molecular weight excluding hydrogens is 373 g/mol. The van der Waals surface area contributed by atoms with Gasteiger partial charge in [0.25, 0.3) is 5.56 Å². The number of nitrogens with zero attached hydrogens (tertiary/aromatic N) is 2. The summed E-state index contributed by atoms with van der Waals surface area (Å²) in [6.45, 7) is 1.63. The Labute approximate surface area is 157 Å². The number of thioether (sulfide) groups is 1. The first-order chi connectivity index (χ1) is 12.6. The summed E-state index contributed by atoms with van der Waals surface area (Å²) in [6, 6.07) is 6.03. The Morgan fingerprint density at radius 3 is 2.73 bits per heavy atom. The minimum absolute atomic E-state index is 0.0772. The van der Waals surface area contributed by atoms with Gasteiger partial charge >= 0.3 is 0 Å². The van der Waals surface area contributed by atoms with Crippen LogP contribution in [-0.4, -0.2) is 39.6 Å². The minimum atomic E-state index is -0.318. The third-order valence-electron chi connectivity index (χ3n) is 4.37. The minimum Gasteiger partial charge on any atom is -0.342 e. The third-order valence-corrected chi connectivity index (χ3v) is 6.10. The van der Waals surface area contributed by atoms with E-state index in [4.69, 9.17) is 0 Å². The molecule has 3 aromatic rings. The molecule has 1 saturated heterocycles. The molecule has 0 radical (unpaired) electrons. The average molecular weight is 389 g/mol. The fourth-order valence-corrected chi connectivity index (χ4v) is 4.80. The fraction of sp³-hybridized carbons (Fsp3) is 0.278. The molecule has 4 rings (SSSR count). The molecule has 1 aliphatic rings. The van der Waals surface area contributed by atoms with Gasteiger partial charge in [0.15, 0.2) is 5.16 Å². The molecule has 0 bridgehead atoms. The smallest absolute Gasteiger partial charge is 0.260 e. The molecule has 3 heterocycles. The van der Waals surface area contributed by atoms with E-state index in [2.05, 4.69) is 9.97 Å². The van der Waals surface area contributed by atoms with Crippen LogP contribution in [-0.2, 0) is 4.79 Å². The molecule has 0 spiro atoms. The number of thiophene rings is 1. The highest BCUT2D eigenvalue weighted by Crippen LogP contribution is 2.31. The lowest BCUT2D eigenvalue weighted by molar-refractivity contribution is -0.127. The highest BCUT2D eigenvalue weighted by atomic mass is 32.2. The first-order valence-electron chi connectivity index (χ1n) is 8.30. The third kappa shape index (κ3) is 3.39. The van der Waals surface area contributed by atoms with Crippen molar-refractivity contribution in [3.8, 4) is 11.1 Å². The Morgan fingerprint density at radius 2 is 2.00 bits per heavy atom. The number of benzene rings is 1. The van der Waals surface area contributed by atoms with Gasteiger partial charge in [-0.2, -0.15) is 0 Å². The fourth-order valence-electron chi connectivity index (χ4n) is 3.03. The van der Waals surface area contributed by atoms with Gasteiger partial charge in [-0.3, -0.25) is 9.59 Å². The topological polar surface area (TPSA) is 66.1 Å². The highest BCUT2D eigenvalue weighted by Gasteiger charge is 2.19. The van der Waals surface area contributed by atoms with E-state index in [1.54, 1.807) is 12.1 Å². The first kappa shape index (κ1) is 17.2. The summed E-state index contributed by atoms with van der Waals surface area (Å²) in [4.78, 5) is 34.4. The maximum absolute atomic E-state index is 13.1. The van der Waals surface area contributed by atoms with Crippen LogP contribution in [0.15, 0.2) is 39.6 Å². The predicted molar refractivity (Wildman–Crippen MR) is 102 cm³/mol. The quantitative estimate of drug-likeness (QED) is 0.548. The van der Waals surface area contributed by atoms with Crippen LogP contribution in [0, 0.1) is 5.82 Å². The van der Waals surface area contributed by atoms with E-state index in [0.29, 0.717) is 15.4 Å². The lowest BCUT2D eigenvalue weighted by atomic mass is 10.1. The Kier molecular flexibility index (Phi) is 4.78. The Bertz CT molecular complexity index is 1010. The number of hydrogen-bond donors (Lipinski definition) is 1. The Balaban J connectivity index is 1.58. The van der Waals surface area contributed by atoms with Gasteiger partial charge in [-0.1, -0.05) is 23.9 Å². The largest absolute Gasteiger partial charge is 0.342 e. The summed E-state index contributed by atoms with van der Waals surface area (Å²) in [6.07, 6.45) is 2.11. The van der Waals surface area contributed by atoms with Crippen LogP contribution in [0.5, 0.6) is 0 Å². The zero-order chi connectivity index (χ0) is 18.1. The second kappa shape index (κ2) is 7.20. The number of amides is 1. The molecule has 134 valence electrons. The van der Waals surface area contributed by atoms with Crippen molar-refractivity contribution in [1.82, 2.24) is 14.9 Å². The molecule has 8 heteroatoms. The summed E-state index contributed by atoms with van der Waals surface area (Å²) < 4.78 is 13.1. The van der Waals surface area contributed by atoms with Gasteiger partial charge in [-0.05, 0) is 30.5 Å². The molecule has 0 atom stereocenters. The van der Waals surface area contributed by atoms with Gasteiger partial charge in [0.05, 0.1) is 11.1 Å². The molecule has 5 nitrogen and oxygen atoms in total. The number of aromatic amines is 1. The molecular formula is C18H16FN3O2S2. The van der Waals surface area contributed by atoms with Crippen LogP contribution < -0.4 is 5.56 Å². The summed E-state index contributed by atoms with van der Waals surface area (Å²) in [7, 11) is 0. The number of carbonyl (C=O) groups excluding carboxylic acids is 1. The van der Waals surface area contributed by atoms with Crippen molar-refractivity contribution < 1.29 is 9.18 Å². The summed E-state index contributed by atoms with van der Waals surface area (Å²) in [5.41, 5.74) is 1.27.